The molecule has 0 unspecified atom stereocenters. The number of nitrogens with zero attached hydrogens (tertiary/aromatic N) is 1. The lowest BCUT2D eigenvalue weighted by atomic mass is 10.1. The number of ketones is 1. The summed E-state index contributed by atoms with van der Waals surface area (Å²) in [6, 6.07) is 8.29. The van der Waals surface area contributed by atoms with Crippen molar-refractivity contribution in [3.05, 3.63) is 57.8 Å². The standard InChI is InChI=1S/C16H14N2O7/c1-9(19)11-3-5-12(6-4-11)17-15(20)10(2)24-16(21)13-7-8-14(25-13)18(22)23/h3-8,10H,1-2H3,(H,17,20)/t10-/m0/s1. The van der Waals surface area contributed by atoms with Crippen molar-refractivity contribution in [2.75, 3.05) is 5.32 Å². The molecule has 1 amide bonds. The molecule has 2 aromatic rings. The predicted octanol–water partition coefficient (Wildman–Crippen LogP) is 2.57. The van der Waals surface area contributed by atoms with Gasteiger partial charge in [-0.25, -0.2) is 4.79 Å². The van der Waals surface area contributed by atoms with Crippen LogP contribution in [0.25, 0.3) is 0 Å². The first kappa shape index (κ1) is 17.9. The fourth-order valence-corrected chi connectivity index (χ4v) is 1.84. The number of benzene rings is 1. The van der Waals surface area contributed by atoms with Crippen LogP contribution in [-0.2, 0) is 9.53 Å². The average Bonchev–Trinajstić information content (AvgIpc) is 3.05. The Hall–Kier alpha value is -3.49. The van der Waals surface area contributed by atoms with E-state index in [0.29, 0.717) is 11.3 Å². The molecular weight excluding hydrogens is 332 g/mol. The van der Waals surface area contributed by atoms with Crippen LogP contribution in [0.5, 0.6) is 0 Å². The first-order valence-electron chi connectivity index (χ1n) is 7.15. The number of Topliss-reactive ketones (excluding diaryl/α,β-unsaturated/α-hetero) is 1. The van der Waals surface area contributed by atoms with E-state index in [1.807, 2.05) is 0 Å². The van der Waals surface area contributed by atoms with Crippen LogP contribution in [0, 0.1) is 10.1 Å². The first-order chi connectivity index (χ1) is 11.8. The first-order valence-corrected chi connectivity index (χ1v) is 7.15. The largest absolute Gasteiger partial charge is 0.447 e. The van der Waals surface area contributed by atoms with Crippen LogP contribution >= 0.6 is 0 Å². The lowest BCUT2D eigenvalue weighted by Gasteiger charge is -2.12. The molecule has 0 aliphatic heterocycles. The van der Waals surface area contributed by atoms with Gasteiger partial charge in [0.15, 0.2) is 11.9 Å². The molecule has 1 aromatic carbocycles. The summed E-state index contributed by atoms with van der Waals surface area (Å²) < 4.78 is 9.61. The number of anilines is 1. The van der Waals surface area contributed by atoms with Crippen molar-refractivity contribution in [3.63, 3.8) is 0 Å². The van der Waals surface area contributed by atoms with Gasteiger partial charge in [-0.15, -0.1) is 0 Å². The molecule has 9 nitrogen and oxygen atoms in total. The molecular formula is C16H14N2O7. The van der Waals surface area contributed by atoms with Crippen molar-refractivity contribution in [3.8, 4) is 0 Å². The number of hydrogen-bond acceptors (Lipinski definition) is 7. The number of nitro groups is 1. The van der Waals surface area contributed by atoms with E-state index in [9.17, 15) is 24.5 Å². The Labute approximate surface area is 141 Å². The molecule has 25 heavy (non-hydrogen) atoms. The molecule has 1 atom stereocenters. The maximum absolute atomic E-state index is 12.0. The summed E-state index contributed by atoms with van der Waals surface area (Å²) in [7, 11) is 0. The second-order valence-electron chi connectivity index (χ2n) is 5.07. The highest BCUT2D eigenvalue weighted by atomic mass is 16.7. The van der Waals surface area contributed by atoms with Crippen LogP contribution in [0.1, 0.15) is 34.8 Å². The molecule has 0 spiro atoms. The molecule has 0 radical (unpaired) electrons. The number of furan rings is 1. The second kappa shape index (κ2) is 7.39. The summed E-state index contributed by atoms with van der Waals surface area (Å²) in [5.41, 5.74) is 0.920. The second-order valence-corrected chi connectivity index (χ2v) is 5.07. The van der Waals surface area contributed by atoms with E-state index >= 15 is 0 Å². The van der Waals surface area contributed by atoms with Crippen molar-refractivity contribution in [2.24, 2.45) is 0 Å². The van der Waals surface area contributed by atoms with E-state index in [-0.39, 0.29) is 11.5 Å². The normalized spacial score (nSPS) is 11.4. The fourth-order valence-electron chi connectivity index (χ4n) is 1.84. The summed E-state index contributed by atoms with van der Waals surface area (Å²) in [6.45, 7) is 2.77. The molecule has 1 N–H and O–H groups in total. The van der Waals surface area contributed by atoms with Gasteiger partial charge in [0.1, 0.15) is 4.92 Å². The Morgan fingerprint density at radius 2 is 1.80 bits per heavy atom. The van der Waals surface area contributed by atoms with Crippen LogP contribution in [0.3, 0.4) is 0 Å². The number of carbonyl (C=O) groups is 3. The summed E-state index contributed by atoms with van der Waals surface area (Å²) >= 11 is 0. The zero-order valence-electron chi connectivity index (χ0n) is 13.3. The van der Waals surface area contributed by atoms with Gasteiger partial charge in [0, 0.05) is 11.3 Å². The minimum Gasteiger partial charge on any atom is -0.447 e. The van der Waals surface area contributed by atoms with E-state index in [2.05, 4.69) is 5.32 Å². The van der Waals surface area contributed by atoms with Crippen LogP contribution < -0.4 is 5.32 Å². The highest BCUT2D eigenvalue weighted by molar-refractivity contribution is 5.98. The predicted molar refractivity (Wildman–Crippen MR) is 85.3 cm³/mol. The van der Waals surface area contributed by atoms with Gasteiger partial charge in [-0.2, -0.15) is 0 Å². The van der Waals surface area contributed by atoms with Crippen molar-refractivity contribution in [2.45, 2.75) is 20.0 Å². The van der Waals surface area contributed by atoms with Gasteiger partial charge >= 0.3 is 11.9 Å². The Morgan fingerprint density at radius 3 is 2.32 bits per heavy atom. The summed E-state index contributed by atoms with van der Waals surface area (Å²) in [5, 5.41) is 13.0. The maximum Gasteiger partial charge on any atom is 0.433 e. The van der Waals surface area contributed by atoms with E-state index in [0.717, 1.165) is 12.1 Å². The monoisotopic (exact) mass is 346 g/mol. The van der Waals surface area contributed by atoms with Crippen molar-refractivity contribution in [1.29, 1.82) is 0 Å². The van der Waals surface area contributed by atoms with Crippen LogP contribution in [-0.4, -0.2) is 28.7 Å². The number of amides is 1. The quantitative estimate of drug-likeness (QED) is 0.368. The van der Waals surface area contributed by atoms with Crippen molar-refractivity contribution in [1.82, 2.24) is 0 Å². The number of rotatable bonds is 6. The smallest absolute Gasteiger partial charge is 0.433 e. The molecule has 2 rings (SSSR count). The fraction of sp³-hybridized carbons (Fsp3) is 0.188. The molecule has 0 bridgehead atoms. The summed E-state index contributed by atoms with van der Waals surface area (Å²) in [6.07, 6.45) is -1.16. The molecule has 0 fully saturated rings. The third-order valence-corrected chi connectivity index (χ3v) is 3.18. The Bertz CT molecular complexity index is 823. The van der Waals surface area contributed by atoms with Gasteiger partial charge in [0.2, 0.25) is 5.76 Å². The number of ether oxygens (including phenoxy) is 1. The van der Waals surface area contributed by atoms with Crippen LogP contribution in [0.2, 0.25) is 0 Å². The van der Waals surface area contributed by atoms with Crippen LogP contribution in [0.15, 0.2) is 40.8 Å². The molecule has 1 heterocycles. The summed E-state index contributed by atoms with van der Waals surface area (Å²) in [5.74, 6) is -2.69. The summed E-state index contributed by atoms with van der Waals surface area (Å²) in [4.78, 5) is 44.7. The number of carbonyl (C=O) groups excluding carboxylic acids is 3. The van der Waals surface area contributed by atoms with Crippen molar-refractivity contribution >= 4 is 29.2 Å². The van der Waals surface area contributed by atoms with E-state index in [1.54, 1.807) is 24.3 Å². The highest BCUT2D eigenvalue weighted by Crippen LogP contribution is 2.17. The third-order valence-electron chi connectivity index (χ3n) is 3.18. The Kier molecular flexibility index (Phi) is 5.28. The molecule has 0 aliphatic carbocycles. The minimum absolute atomic E-state index is 0.104. The van der Waals surface area contributed by atoms with Crippen molar-refractivity contribution < 1.29 is 28.5 Å². The minimum atomic E-state index is -1.16. The van der Waals surface area contributed by atoms with E-state index < -0.39 is 28.8 Å². The van der Waals surface area contributed by atoms with E-state index in [4.69, 9.17) is 9.15 Å². The molecule has 9 heteroatoms. The van der Waals surface area contributed by atoms with Crippen LogP contribution in [0.4, 0.5) is 11.6 Å². The molecule has 0 saturated carbocycles. The zero-order valence-corrected chi connectivity index (χ0v) is 13.3. The van der Waals surface area contributed by atoms with Gasteiger partial charge < -0.3 is 14.5 Å². The van der Waals surface area contributed by atoms with Gasteiger partial charge in [-0.3, -0.25) is 19.7 Å². The number of hydrogen-bond donors (Lipinski definition) is 1. The zero-order chi connectivity index (χ0) is 18.6. The Morgan fingerprint density at radius 1 is 1.16 bits per heavy atom. The lowest BCUT2D eigenvalue weighted by Crippen LogP contribution is -2.29. The Balaban J connectivity index is 1.95. The highest BCUT2D eigenvalue weighted by Gasteiger charge is 2.23. The number of esters is 1. The van der Waals surface area contributed by atoms with Gasteiger partial charge in [-0.1, -0.05) is 0 Å². The lowest BCUT2D eigenvalue weighted by molar-refractivity contribution is -0.402. The van der Waals surface area contributed by atoms with Gasteiger partial charge in [0.05, 0.1) is 6.07 Å². The van der Waals surface area contributed by atoms with E-state index in [1.165, 1.54) is 13.8 Å². The van der Waals surface area contributed by atoms with Gasteiger partial charge in [0.25, 0.3) is 5.91 Å². The molecule has 130 valence electrons. The molecule has 1 aromatic heterocycles. The third kappa shape index (κ3) is 4.50. The topological polar surface area (TPSA) is 129 Å². The average molecular weight is 346 g/mol. The maximum atomic E-state index is 12.0. The molecule has 0 saturated heterocycles. The van der Waals surface area contributed by atoms with Gasteiger partial charge in [-0.05, 0) is 44.2 Å². The molecule has 0 aliphatic rings. The number of nitrogens with one attached hydrogen (secondary N) is 1. The SMILES string of the molecule is CC(=O)c1ccc(NC(=O)[C@H](C)OC(=O)c2ccc([N+](=O)[O-])o2)cc1.